The Morgan fingerprint density at radius 2 is 1.89 bits per heavy atom. The molecule has 0 saturated carbocycles. The van der Waals surface area contributed by atoms with Crippen molar-refractivity contribution < 1.29 is 4.74 Å². The summed E-state index contributed by atoms with van der Waals surface area (Å²) in [6, 6.07) is 8.16. The van der Waals surface area contributed by atoms with Crippen LogP contribution in [0, 0.1) is 0 Å². The number of aromatic nitrogens is 2. The molecule has 0 bridgehead atoms. The number of nitrogens with zero attached hydrogens (tertiary/aromatic N) is 4. The highest BCUT2D eigenvalue weighted by Gasteiger charge is 2.14. The van der Waals surface area contributed by atoms with Crippen molar-refractivity contribution in [3.63, 3.8) is 0 Å². The average molecular weight is 372 g/mol. The van der Waals surface area contributed by atoms with E-state index in [0.717, 1.165) is 43.3 Å². The second kappa shape index (κ2) is 10.00. The number of ether oxygens (including phenoxy) is 1. The third-order valence-corrected chi connectivity index (χ3v) is 4.69. The molecule has 1 aromatic carbocycles. The van der Waals surface area contributed by atoms with E-state index in [0.29, 0.717) is 6.54 Å². The zero-order valence-corrected chi connectivity index (χ0v) is 17.5. The summed E-state index contributed by atoms with van der Waals surface area (Å²) in [5.41, 5.74) is 4.89. The Morgan fingerprint density at radius 1 is 1.19 bits per heavy atom. The van der Waals surface area contributed by atoms with E-state index in [1.54, 1.807) is 7.11 Å². The van der Waals surface area contributed by atoms with Crippen LogP contribution in [0.5, 0.6) is 5.75 Å². The van der Waals surface area contributed by atoms with Crippen molar-refractivity contribution >= 4 is 5.96 Å². The number of hydrogen-bond donors (Lipinski definition) is 1. The van der Waals surface area contributed by atoms with Crippen molar-refractivity contribution in [1.29, 1.82) is 0 Å². The maximum absolute atomic E-state index is 5.24. The molecule has 1 N–H and O–H groups in total. The molecule has 0 aliphatic rings. The van der Waals surface area contributed by atoms with E-state index in [-0.39, 0.29) is 0 Å². The first kappa shape index (κ1) is 20.8. The lowest BCUT2D eigenvalue weighted by Crippen LogP contribution is -2.38. The van der Waals surface area contributed by atoms with E-state index in [1.807, 2.05) is 23.9 Å². The Bertz CT molecular complexity index is 749. The second-order valence-corrected chi connectivity index (χ2v) is 6.58. The summed E-state index contributed by atoms with van der Waals surface area (Å²) in [6.07, 6.45) is 1.89. The van der Waals surface area contributed by atoms with Gasteiger partial charge in [0.15, 0.2) is 5.96 Å². The fourth-order valence-electron chi connectivity index (χ4n) is 3.28. The van der Waals surface area contributed by atoms with Crippen molar-refractivity contribution in [1.82, 2.24) is 20.0 Å². The van der Waals surface area contributed by atoms with Gasteiger partial charge in [-0.25, -0.2) is 4.99 Å². The first-order valence-corrected chi connectivity index (χ1v) is 9.69. The summed E-state index contributed by atoms with van der Waals surface area (Å²) in [5.74, 6) is 1.78. The van der Waals surface area contributed by atoms with Gasteiger partial charge in [-0.05, 0) is 37.5 Å². The minimum Gasteiger partial charge on any atom is -0.497 e. The molecular weight excluding hydrogens is 338 g/mol. The largest absolute Gasteiger partial charge is 0.497 e. The molecule has 0 amide bonds. The molecule has 6 nitrogen and oxygen atoms in total. The molecule has 0 aliphatic carbocycles. The second-order valence-electron chi connectivity index (χ2n) is 6.58. The monoisotopic (exact) mass is 371 g/mol. The Morgan fingerprint density at radius 3 is 2.44 bits per heavy atom. The van der Waals surface area contributed by atoms with Crippen molar-refractivity contribution in [2.45, 2.75) is 46.7 Å². The number of aryl methyl sites for hydroxylation is 2. The van der Waals surface area contributed by atoms with E-state index in [1.165, 1.54) is 16.8 Å². The van der Waals surface area contributed by atoms with Gasteiger partial charge in [-0.2, -0.15) is 5.10 Å². The van der Waals surface area contributed by atoms with Crippen LogP contribution in [-0.2, 0) is 33.0 Å². The standard InChI is InChI=1S/C21H33N5O/c1-7-19-18(20(8-2)26(5)24-19)14-23-21(22-9-3)25(4)15-16-10-12-17(27-6)13-11-16/h10-13H,7-9,14-15H2,1-6H3,(H,22,23). The molecule has 0 saturated heterocycles. The number of hydrogen-bond acceptors (Lipinski definition) is 3. The van der Waals surface area contributed by atoms with Crippen LogP contribution in [-0.4, -0.2) is 41.3 Å². The van der Waals surface area contributed by atoms with Gasteiger partial charge in [-0.1, -0.05) is 26.0 Å². The molecule has 1 aromatic heterocycles. The van der Waals surface area contributed by atoms with Crippen LogP contribution in [0.4, 0.5) is 0 Å². The maximum Gasteiger partial charge on any atom is 0.194 e. The molecule has 0 atom stereocenters. The van der Waals surface area contributed by atoms with Crippen molar-refractivity contribution in [2.24, 2.45) is 12.0 Å². The normalized spacial score (nSPS) is 11.6. The lowest BCUT2D eigenvalue weighted by atomic mass is 10.1. The number of methoxy groups -OCH3 is 1. The Labute approximate surface area is 163 Å². The average Bonchev–Trinajstić information content (AvgIpc) is 3.00. The van der Waals surface area contributed by atoms with E-state index in [2.05, 4.69) is 55.3 Å². The molecular formula is C21H33N5O. The van der Waals surface area contributed by atoms with Crippen molar-refractivity contribution in [3.8, 4) is 5.75 Å². The zero-order chi connectivity index (χ0) is 19.8. The minimum absolute atomic E-state index is 0.648. The smallest absolute Gasteiger partial charge is 0.194 e. The third kappa shape index (κ3) is 5.25. The van der Waals surface area contributed by atoms with Crippen LogP contribution in [0.3, 0.4) is 0 Å². The molecule has 2 aromatic rings. The molecule has 148 valence electrons. The lowest BCUT2D eigenvalue weighted by molar-refractivity contribution is 0.414. The molecule has 0 unspecified atom stereocenters. The van der Waals surface area contributed by atoms with E-state index in [9.17, 15) is 0 Å². The summed E-state index contributed by atoms with van der Waals surface area (Å²) < 4.78 is 7.23. The van der Waals surface area contributed by atoms with Crippen LogP contribution in [0.2, 0.25) is 0 Å². The number of benzene rings is 1. The molecule has 0 aliphatic heterocycles. The van der Waals surface area contributed by atoms with Crippen LogP contribution < -0.4 is 10.1 Å². The Balaban J connectivity index is 2.17. The fraction of sp³-hybridized carbons (Fsp3) is 0.524. The Kier molecular flexibility index (Phi) is 7.70. The summed E-state index contributed by atoms with van der Waals surface area (Å²) in [6.45, 7) is 8.68. The van der Waals surface area contributed by atoms with Gasteiger partial charge in [0.25, 0.3) is 0 Å². The quantitative estimate of drug-likeness (QED) is 0.572. The topological polar surface area (TPSA) is 54.7 Å². The predicted octanol–water partition coefficient (Wildman–Crippen LogP) is 3.15. The molecule has 1 heterocycles. The van der Waals surface area contributed by atoms with Crippen LogP contribution in [0.25, 0.3) is 0 Å². The van der Waals surface area contributed by atoms with Gasteiger partial charge in [0.2, 0.25) is 0 Å². The maximum atomic E-state index is 5.24. The molecule has 27 heavy (non-hydrogen) atoms. The molecule has 0 fully saturated rings. The molecule has 0 radical (unpaired) electrons. The van der Waals surface area contributed by atoms with Crippen molar-refractivity contribution in [2.75, 3.05) is 20.7 Å². The Hall–Kier alpha value is -2.50. The van der Waals surface area contributed by atoms with E-state index >= 15 is 0 Å². The number of guanidine groups is 1. The highest BCUT2D eigenvalue weighted by Crippen LogP contribution is 2.17. The fourth-order valence-corrected chi connectivity index (χ4v) is 3.28. The molecule has 0 spiro atoms. The van der Waals surface area contributed by atoms with Gasteiger partial charge in [0, 0.05) is 38.4 Å². The summed E-state index contributed by atoms with van der Waals surface area (Å²) in [5, 5.41) is 8.06. The van der Waals surface area contributed by atoms with Gasteiger partial charge < -0.3 is 15.0 Å². The van der Waals surface area contributed by atoms with Crippen LogP contribution in [0.1, 0.15) is 43.3 Å². The summed E-state index contributed by atoms with van der Waals surface area (Å²) in [7, 11) is 5.77. The van der Waals surface area contributed by atoms with Gasteiger partial charge in [0.05, 0.1) is 19.3 Å². The molecule has 2 rings (SSSR count). The predicted molar refractivity (Wildman–Crippen MR) is 111 cm³/mol. The zero-order valence-electron chi connectivity index (χ0n) is 17.5. The number of rotatable bonds is 8. The first-order chi connectivity index (χ1) is 13.0. The number of nitrogens with one attached hydrogen (secondary N) is 1. The first-order valence-electron chi connectivity index (χ1n) is 9.69. The molecule has 6 heteroatoms. The van der Waals surface area contributed by atoms with Crippen molar-refractivity contribution in [3.05, 3.63) is 46.8 Å². The van der Waals surface area contributed by atoms with Crippen LogP contribution in [0.15, 0.2) is 29.3 Å². The van der Waals surface area contributed by atoms with Gasteiger partial charge in [0.1, 0.15) is 5.75 Å². The highest BCUT2D eigenvalue weighted by atomic mass is 16.5. The van der Waals surface area contributed by atoms with Gasteiger partial charge >= 0.3 is 0 Å². The summed E-state index contributed by atoms with van der Waals surface area (Å²) >= 11 is 0. The third-order valence-electron chi connectivity index (χ3n) is 4.69. The van der Waals surface area contributed by atoms with Crippen LogP contribution >= 0.6 is 0 Å². The lowest BCUT2D eigenvalue weighted by Gasteiger charge is -2.22. The SMILES string of the molecule is CCNC(=NCc1c(CC)nn(C)c1CC)N(C)Cc1ccc(OC)cc1. The van der Waals surface area contributed by atoms with E-state index < -0.39 is 0 Å². The van der Waals surface area contributed by atoms with Gasteiger partial charge in [-0.15, -0.1) is 0 Å². The highest BCUT2D eigenvalue weighted by molar-refractivity contribution is 5.79. The van der Waals surface area contributed by atoms with E-state index in [4.69, 9.17) is 9.73 Å². The number of aliphatic imine (C=N–C) groups is 1. The summed E-state index contributed by atoms with van der Waals surface area (Å²) in [4.78, 5) is 7.05. The minimum atomic E-state index is 0.648. The van der Waals surface area contributed by atoms with Gasteiger partial charge in [-0.3, -0.25) is 4.68 Å².